The van der Waals surface area contributed by atoms with E-state index in [1.54, 1.807) is 0 Å². The molecule has 1 aliphatic carbocycles. The topological polar surface area (TPSA) is 43.6 Å². The van der Waals surface area contributed by atoms with Crippen LogP contribution in [-0.4, -0.2) is 19.5 Å². The number of rotatable bonds is 4. The minimum atomic E-state index is -0.469. The zero-order valence-electron chi connectivity index (χ0n) is 32.8. The standard InChI is InChI=1S/C56H34N4S/c1-3-17-36(18-4-1)53-57-54(37-19-5-2-6-20-37)59-55(58-53)38-21-15-22-39(32-38)60-48-31-30-35-16-7-8-23-40(35)52(48)43-33-47-51(34-49(43)60)61-50-29-14-13-28-46(50)56(47)44-26-11-9-24-41(44)42-25-10-12-27-45(42)56/h1-34H. The van der Waals surface area contributed by atoms with Gasteiger partial charge in [0.2, 0.25) is 0 Å². The second-order valence-corrected chi connectivity index (χ2v) is 17.0. The van der Waals surface area contributed by atoms with Crippen LogP contribution in [-0.2, 0) is 5.41 Å². The molecule has 1 aliphatic heterocycles. The molecule has 4 nitrogen and oxygen atoms in total. The summed E-state index contributed by atoms with van der Waals surface area (Å²) in [6.07, 6.45) is 0. The van der Waals surface area contributed by atoms with E-state index in [0.29, 0.717) is 17.5 Å². The van der Waals surface area contributed by atoms with Crippen LogP contribution in [0.15, 0.2) is 216 Å². The summed E-state index contributed by atoms with van der Waals surface area (Å²) in [5.41, 5.74) is 13.7. The molecule has 0 radical (unpaired) electrons. The van der Waals surface area contributed by atoms with E-state index >= 15 is 0 Å². The minimum Gasteiger partial charge on any atom is -0.309 e. The quantitative estimate of drug-likeness (QED) is 0.178. The van der Waals surface area contributed by atoms with E-state index in [2.05, 4.69) is 174 Å². The molecule has 0 fully saturated rings. The fraction of sp³-hybridized carbons (Fsp3) is 0.0179. The molecule has 11 aromatic rings. The van der Waals surface area contributed by atoms with Crippen molar-refractivity contribution in [2.75, 3.05) is 0 Å². The van der Waals surface area contributed by atoms with Crippen LogP contribution in [0.25, 0.3) is 83.6 Å². The third-order valence-electron chi connectivity index (χ3n) is 12.7. The van der Waals surface area contributed by atoms with E-state index in [0.717, 1.165) is 33.4 Å². The fourth-order valence-corrected chi connectivity index (χ4v) is 11.3. The third kappa shape index (κ3) is 4.99. The van der Waals surface area contributed by atoms with Crippen LogP contribution in [0, 0.1) is 0 Å². The Labute approximate surface area is 356 Å². The van der Waals surface area contributed by atoms with Crippen molar-refractivity contribution in [1.82, 2.24) is 19.5 Å². The Morgan fingerprint density at radius 3 is 1.66 bits per heavy atom. The Morgan fingerprint density at radius 1 is 0.377 bits per heavy atom. The summed E-state index contributed by atoms with van der Waals surface area (Å²) in [5, 5.41) is 4.94. The number of fused-ring (bicyclic) bond motifs is 14. The molecule has 0 atom stereocenters. The average Bonchev–Trinajstić information content (AvgIpc) is 3.82. The first kappa shape index (κ1) is 34.3. The summed E-state index contributed by atoms with van der Waals surface area (Å²) in [6, 6.07) is 74.5. The second kappa shape index (κ2) is 13.2. The first-order valence-electron chi connectivity index (χ1n) is 20.7. The Balaban J connectivity index is 1.09. The Bertz CT molecular complexity index is 3470. The van der Waals surface area contributed by atoms with Gasteiger partial charge >= 0.3 is 0 Å². The van der Waals surface area contributed by atoms with Gasteiger partial charge in [-0.3, -0.25) is 0 Å². The highest BCUT2D eigenvalue weighted by molar-refractivity contribution is 7.99. The zero-order valence-corrected chi connectivity index (χ0v) is 33.6. The van der Waals surface area contributed by atoms with Gasteiger partial charge in [-0.15, -0.1) is 0 Å². The van der Waals surface area contributed by atoms with Crippen molar-refractivity contribution in [3.8, 4) is 51.0 Å². The van der Waals surface area contributed by atoms with Gasteiger partial charge in [-0.05, 0) is 80.6 Å². The van der Waals surface area contributed by atoms with Crippen molar-refractivity contribution in [3.63, 3.8) is 0 Å². The maximum atomic E-state index is 5.11. The summed E-state index contributed by atoms with van der Waals surface area (Å²) in [5.74, 6) is 1.92. The highest BCUT2D eigenvalue weighted by Gasteiger charge is 2.50. The smallest absolute Gasteiger partial charge is 0.164 e. The van der Waals surface area contributed by atoms with Crippen LogP contribution in [0.4, 0.5) is 0 Å². The predicted octanol–water partition coefficient (Wildman–Crippen LogP) is 14.0. The van der Waals surface area contributed by atoms with Gasteiger partial charge in [0, 0.05) is 42.9 Å². The lowest BCUT2D eigenvalue weighted by atomic mass is 9.67. The summed E-state index contributed by atoms with van der Waals surface area (Å²) in [4.78, 5) is 17.7. The lowest BCUT2D eigenvalue weighted by Gasteiger charge is -2.39. The van der Waals surface area contributed by atoms with Gasteiger partial charge < -0.3 is 4.57 Å². The largest absolute Gasteiger partial charge is 0.309 e. The number of hydrogen-bond acceptors (Lipinski definition) is 4. The number of aromatic nitrogens is 4. The van der Waals surface area contributed by atoms with E-state index in [4.69, 9.17) is 15.0 Å². The zero-order chi connectivity index (χ0) is 40.1. The molecule has 5 heteroatoms. The van der Waals surface area contributed by atoms with E-state index < -0.39 is 5.41 Å². The summed E-state index contributed by atoms with van der Waals surface area (Å²) in [6.45, 7) is 0. The summed E-state index contributed by atoms with van der Waals surface area (Å²) >= 11 is 1.88. The molecule has 13 rings (SSSR count). The van der Waals surface area contributed by atoms with Gasteiger partial charge in [0.15, 0.2) is 17.5 Å². The highest BCUT2D eigenvalue weighted by atomic mass is 32.2. The molecule has 2 aromatic heterocycles. The van der Waals surface area contributed by atoms with Crippen LogP contribution in [0.3, 0.4) is 0 Å². The van der Waals surface area contributed by atoms with E-state index in [1.165, 1.54) is 64.7 Å². The van der Waals surface area contributed by atoms with Gasteiger partial charge in [-0.2, -0.15) is 0 Å². The Morgan fingerprint density at radius 2 is 0.951 bits per heavy atom. The van der Waals surface area contributed by atoms with Gasteiger partial charge in [-0.1, -0.05) is 182 Å². The van der Waals surface area contributed by atoms with E-state index in [1.807, 2.05) is 48.2 Å². The SMILES string of the molecule is c1ccc(-c2nc(-c3ccccc3)nc(-c3cccc(-n4c5cc6c(cc5c5c7ccccc7ccc54)C4(c5ccccc5S6)c5ccccc5-c5ccccc54)c3)n2)cc1. The first-order chi connectivity index (χ1) is 30.2. The molecule has 1 spiro atoms. The van der Waals surface area contributed by atoms with Crippen molar-refractivity contribution >= 4 is 44.3 Å². The predicted molar refractivity (Wildman–Crippen MR) is 249 cm³/mol. The average molecular weight is 795 g/mol. The lowest BCUT2D eigenvalue weighted by molar-refractivity contribution is 0.724. The molecule has 0 saturated heterocycles. The number of hydrogen-bond donors (Lipinski definition) is 0. The molecule has 0 unspecified atom stereocenters. The normalized spacial score (nSPS) is 13.3. The molecule has 2 aliphatic rings. The van der Waals surface area contributed by atoms with Crippen LogP contribution < -0.4 is 0 Å². The van der Waals surface area contributed by atoms with Crippen LogP contribution in [0.1, 0.15) is 22.3 Å². The monoisotopic (exact) mass is 794 g/mol. The van der Waals surface area contributed by atoms with Gasteiger partial charge in [0.05, 0.1) is 16.4 Å². The summed E-state index contributed by atoms with van der Waals surface area (Å²) in [7, 11) is 0. The molecule has 284 valence electrons. The first-order valence-corrected chi connectivity index (χ1v) is 21.5. The second-order valence-electron chi connectivity index (χ2n) is 15.9. The molecule has 0 bridgehead atoms. The highest BCUT2D eigenvalue weighted by Crippen LogP contribution is 2.63. The minimum absolute atomic E-state index is 0.469. The molecule has 3 heterocycles. The van der Waals surface area contributed by atoms with Crippen molar-refractivity contribution in [2.24, 2.45) is 0 Å². The van der Waals surface area contributed by atoms with Crippen molar-refractivity contribution < 1.29 is 0 Å². The molecular formula is C56H34N4S. The molecule has 0 amide bonds. The Hall–Kier alpha value is -7.60. The van der Waals surface area contributed by atoms with Crippen molar-refractivity contribution in [2.45, 2.75) is 15.2 Å². The number of benzene rings is 9. The molecular weight excluding hydrogens is 761 g/mol. The van der Waals surface area contributed by atoms with E-state index in [9.17, 15) is 0 Å². The molecule has 0 saturated carbocycles. The van der Waals surface area contributed by atoms with Crippen LogP contribution in [0.2, 0.25) is 0 Å². The molecule has 9 aromatic carbocycles. The third-order valence-corrected chi connectivity index (χ3v) is 13.8. The lowest BCUT2D eigenvalue weighted by Crippen LogP contribution is -2.31. The van der Waals surface area contributed by atoms with E-state index in [-0.39, 0.29) is 0 Å². The van der Waals surface area contributed by atoms with Crippen LogP contribution in [0.5, 0.6) is 0 Å². The maximum Gasteiger partial charge on any atom is 0.164 e. The Kier molecular flexibility index (Phi) is 7.42. The van der Waals surface area contributed by atoms with Crippen molar-refractivity contribution in [3.05, 3.63) is 229 Å². The van der Waals surface area contributed by atoms with Gasteiger partial charge in [0.25, 0.3) is 0 Å². The number of nitrogens with zero attached hydrogens (tertiary/aromatic N) is 4. The fourth-order valence-electron chi connectivity index (χ4n) is 10.1. The van der Waals surface area contributed by atoms with Crippen molar-refractivity contribution in [1.29, 1.82) is 0 Å². The van der Waals surface area contributed by atoms with Gasteiger partial charge in [-0.25, -0.2) is 15.0 Å². The van der Waals surface area contributed by atoms with Crippen LogP contribution >= 0.6 is 11.8 Å². The molecule has 61 heavy (non-hydrogen) atoms. The maximum absolute atomic E-state index is 5.11. The van der Waals surface area contributed by atoms with Gasteiger partial charge in [0.1, 0.15) is 0 Å². The molecule has 0 N–H and O–H groups in total. The summed E-state index contributed by atoms with van der Waals surface area (Å²) < 4.78 is 2.45.